The maximum atomic E-state index is 15.4. The van der Waals surface area contributed by atoms with Gasteiger partial charge >= 0.3 is 0 Å². The Labute approximate surface area is 205 Å². The van der Waals surface area contributed by atoms with E-state index in [9.17, 15) is 13.6 Å². The topological polar surface area (TPSA) is 73.3 Å². The number of nitrogen functional groups attached to an aromatic ring is 1. The number of rotatable bonds is 6. The van der Waals surface area contributed by atoms with Gasteiger partial charge in [0.05, 0.1) is 18.1 Å². The van der Waals surface area contributed by atoms with E-state index in [1.165, 1.54) is 30.5 Å². The van der Waals surface area contributed by atoms with Crippen LogP contribution in [0.5, 0.6) is 0 Å². The Morgan fingerprint density at radius 2 is 2.03 bits per heavy atom. The van der Waals surface area contributed by atoms with Crippen molar-refractivity contribution in [3.05, 3.63) is 110 Å². The van der Waals surface area contributed by atoms with Gasteiger partial charge in [0.2, 0.25) is 0 Å². The number of aliphatic imine (C=N–C) groups is 1. The number of aromatic nitrogens is 2. The molecule has 35 heavy (non-hydrogen) atoms. The second-order valence-corrected chi connectivity index (χ2v) is 8.64. The summed E-state index contributed by atoms with van der Waals surface area (Å²) < 4.78 is 44.6. The van der Waals surface area contributed by atoms with Gasteiger partial charge in [0.15, 0.2) is 11.6 Å². The van der Waals surface area contributed by atoms with Gasteiger partial charge in [-0.25, -0.2) is 13.2 Å². The van der Waals surface area contributed by atoms with E-state index >= 15 is 4.39 Å². The fourth-order valence-electron chi connectivity index (χ4n) is 4.03. The van der Waals surface area contributed by atoms with E-state index < -0.39 is 23.0 Å². The molecule has 1 fully saturated rings. The van der Waals surface area contributed by atoms with Gasteiger partial charge in [-0.05, 0) is 67.5 Å². The minimum Gasteiger partial charge on any atom is -0.396 e. The lowest BCUT2D eigenvalue weighted by Gasteiger charge is -2.12. The quantitative estimate of drug-likeness (QED) is 0.328. The summed E-state index contributed by atoms with van der Waals surface area (Å²) in [4.78, 5) is 21.0. The van der Waals surface area contributed by atoms with Gasteiger partial charge in [-0.3, -0.25) is 19.3 Å². The molecule has 1 aliphatic rings. The summed E-state index contributed by atoms with van der Waals surface area (Å²) in [6, 6.07) is 7.30. The molecule has 2 atom stereocenters. The van der Waals surface area contributed by atoms with Gasteiger partial charge < -0.3 is 5.73 Å². The van der Waals surface area contributed by atoms with E-state index in [-0.39, 0.29) is 33.8 Å². The third kappa shape index (κ3) is 4.93. The fraction of sp³-hybridized carbons (Fsp3) is 0.192. The molecule has 3 aromatic rings. The lowest BCUT2D eigenvalue weighted by molar-refractivity contribution is 0.618. The number of benzene rings is 1. The molecule has 1 aliphatic carbocycles. The van der Waals surface area contributed by atoms with Crippen molar-refractivity contribution in [3.63, 3.8) is 0 Å². The Kier molecular flexibility index (Phi) is 6.93. The second-order valence-electron chi connectivity index (χ2n) is 8.26. The molecule has 4 rings (SSSR count). The number of nitrogens with zero attached hydrogens (tertiary/aromatic N) is 3. The third-order valence-electron chi connectivity index (χ3n) is 5.85. The van der Waals surface area contributed by atoms with Crippen molar-refractivity contribution in [2.45, 2.75) is 32.1 Å². The minimum atomic E-state index is -0.947. The molecule has 2 heterocycles. The van der Waals surface area contributed by atoms with Crippen LogP contribution < -0.4 is 11.3 Å². The van der Waals surface area contributed by atoms with E-state index in [1.807, 2.05) is 0 Å². The zero-order valence-corrected chi connectivity index (χ0v) is 19.7. The number of anilines is 1. The molecule has 0 amide bonds. The van der Waals surface area contributed by atoms with Crippen molar-refractivity contribution < 1.29 is 13.2 Å². The Morgan fingerprint density at radius 3 is 2.74 bits per heavy atom. The first-order valence-corrected chi connectivity index (χ1v) is 11.2. The third-order valence-corrected chi connectivity index (χ3v) is 6.23. The van der Waals surface area contributed by atoms with Crippen LogP contribution in [0.15, 0.2) is 70.6 Å². The van der Waals surface area contributed by atoms with Crippen molar-refractivity contribution in [2.75, 3.05) is 5.73 Å². The highest BCUT2D eigenvalue weighted by atomic mass is 35.5. The normalized spacial score (nSPS) is 18.3. The van der Waals surface area contributed by atoms with Crippen LogP contribution in [-0.2, 0) is 0 Å². The molecule has 1 aromatic carbocycles. The summed E-state index contributed by atoms with van der Waals surface area (Å²) in [6.07, 6.45) is 7.21. The van der Waals surface area contributed by atoms with E-state index in [2.05, 4.69) is 9.98 Å². The first kappa shape index (κ1) is 24.5. The predicted octanol–water partition coefficient (Wildman–Crippen LogP) is 6.13. The maximum Gasteiger partial charge on any atom is 0.273 e. The number of hydrogen-bond donors (Lipinski definition) is 1. The molecule has 2 aromatic heterocycles. The molecule has 0 aliphatic heterocycles. The zero-order chi connectivity index (χ0) is 25.3. The molecule has 5 nitrogen and oxygen atoms in total. The molecule has 0 radical (unpaired) electrons. The SMILES string of the molecule is C/C=C/N=C(/C(F)=C/n1c(C)cc(C2CC2c2cncc(F)c2)c(Cl)c1=O)c1cccc(N)c1F. The van der Waals surface area contributed by atoms with E-state index in [0.717, 1.165) is 22.5 Å². The lowest BCUT2D eigenvalue weighted by atomic mass is 10.1. The summed E-state index contributed by atoms with van der Waals surface area (Å²) >= 11 is 6.41. The Morgan fingerprint density at radius 1 is 1.26 bits per heavy atom. The first-order chi connectivity index (χ1) is 16.7. The number of aryl methyl sites for hydroxylation is 1. The summed E-state index contributed by atoms with van der Waals surface area (Å²) in [5.74, 6) is -2.28. The van der Waals surface area contributed by atoms with Gasteiger partial charge in [-0.15, -0.1) is 0 Å². The Balaban J connectivity index is 1.72. The number of hydrogen-bond acceptors (Lipinski definition) is 4. The minimum absolute atomic E-state index is 0.0105. The lowest BCUT2D eigenvalue weighted by Crippen LogP contribution is -2.21. The summed E-state index contributed by atoms with van der Waals surface area (Å²) in [5, 5.41) is -0.0569. The first-order valence-electron chi connectivity index (χ1n) is 10.9. The molecule has 0 bridgehead atoms. The molecular weight excluding hydrogens is 477 g/mol. The van der Waals surface area contributed by atoms with Crippen molar-refractivity contribution >= 4 is 29.2 Å². The van der Waals surface area contributed by atoms with Crippen LogP contribution in [-0.4, -0.2) is 15.3 Å². The molecule has 1 saturated carbocycles. The highest BCUT2D eigenvalue weighted by Gasteiger charge is 2.41. The molecule has 2 unspecified atom stereocenters. The number of allylic oxidation sites excluding steroid dienone is 2. The standard InChI is InChI=1S/C26H22ClF3N4O/c1-3-7-33-25(17-5-4-6-22(31)24(17)30)21(29)13-34-14(2)8-20(23(27)26(34)35)19-10-18(19)15-9-16(28)12-32-11-15/h3-9,11-13,18-19H,10,31H2,1-2H3/b7-3+,21-13-,33-25+. The van der Waals surface area contributed by atoms with Crippen molar-refractivity contribution in [2.24, 2.45) is 4.99 Å². The Hall–Kier alpha value is -3.65. The van der Waals surface area contributed by atoms with Gasteiger partial charge in [0, 0.05) is 23.7 Å². The van der Waals surface area contributed by atoms with Crippen LogP contribution in [0.3, 0.4) is 0 Å². The van der Waals surface area contributed by atoms with E-state index in [1.54, 1.807) is 32.2 Å². The van der Waals surface area contributed by atoms with Crippen LogP contribution in [0.2, 0.25) is 5.02 Å². The molecule has 2 N–H and O–H groups in total. The molecular formula is C26H22ClF3N4O. The van der Waals surface area contributed by atoms with Crippen LogP contribution in [0.1, 0.15) is 47.6 Å². The second kappa shape index (κ2) is 9.92. The van der Waals surface area contributed by atoms with Crippen LogP contribution in [0.4, 0.5) is 18.9 Å². The zero-order valence-electron chi connectivity index (χ0n) is 19.0. The summed E-state index contributed by atoms with van der Waals surface area (Å²) in [5.41, 5.74) is 6.15. The monoisotopic (exact) mass is 498 g/mol. The molecule has 0 spiro atoms. The summed E-state index contributed by atoms with van der Waals surface area (Å²) in [6.45, 7) is 3.31. The predicted molar refractivity (Wildman–Crippen MR) is 132 cm³/mol. The highest BCUT2D eigenvalue weighted by Crippen LogP contribution is 2.55. The van der Waals surface area contributed by atoms with Gasteiger partial charge in [0.25, 0.3) is 5.56 Å². The van der Waals surface area contributed by atoms with Gasteiger partial charge in [0.1, 0.15) is 16.6 Å². The molecule has 180 valence electrons. The number of pyridine rings is 2. The summed E-state index contributed by atoms with van der Waals surface area (Å²) in [7, 11) is 0. The molecule has 0 saturated heterocycles. The van der Waals surface area contributed by atoms with Crippen molar-refractivity contribution in [1.82, 2.24) is 9.55 Å². The van der Waals surface area contributed by atoms with Crippen molar-refractivity contribution in [1.29, 1.82) is 0 Å². The maximum absolute atomic E-state index is 15.4. The van der Waals surface area contributed by atoms with Gasteiger partial charge in [-0.1, -0.05) is 23.7 Å². The van der Waals surface area contributed by atoms with Gasteiger partial charge in [-0.2, -0.15) is 0 Å². The van der Waals surface area contributed by atoms with Crippen LogP contribution in [0.25, 0.3) is 6.20 Å². The number of halogens is 4. The van der Waals surface area contributed by atoms with Crippen LogP contribution in [0, 0.1) is 18.6 Å². The average molecular weight is 499 g/mol. The van der Waals surface area contributed by atoms with Crippen molar-refractivity contribution in [3.8, 4) is 0 Å². The molecule has 9 heteroatoms. The highest BCUT2D eigenvalue weighted by molar-refractivity contribution is 6.31. The Bertz CT molecular complexity index is 1440. The van der Waals surface area contributed by atoms with Crippen LogP contribution >= 0.6 is 11.6 Å². The van der Waals surface area contributed by atoms with E-state index in [4.69, 9.17) is 17.3 Å². The smallest absolute Gasteiger partial charge is 0.273 e. The fourth-order valence-corrected chi connectivity index (χ4v) is 4.32. The number of nitrogens with two attached hydrogens (primary N) is 1. The largest absolute Gasteiger partial charge is 0.396 e. The van der Waals surface area contributed by atoms with E-state index in [0.29, 0.717) is 17.7 Å². The average Bonchev–Trinajstić information content (AvgIpc) is 3.62.